The lowest BCUT2D eigenvalue weighted by molar-refractivity contribution is 0.0763. The summed E-state index contributed by atoms with van der Waals surface area (Å²) < 4.78 is 7.94. The molecule has 2 aliphatic rings. The van der Waals surface area contributed by atoms with Crippen molar-refractivity contribution in [2.45, 2.75) is 51.6 Å². The van der Waals surface area contributed by atoms with E-state index in [1.165, 1.54) is 32.1 Å². The quantitative estimate of drug-likeness (QED) is 0.492. The third-order valence-electron chi connectivity index (χ3n) is 6.85. The highest BCUT2D eigenvalue weighted by Gasteiger charge is 2.30. The zero-order chi connectivity index (χ0) is 21.9. The molecule has 0 atom stereocenters. The molecule has 1 amide bonds. The van der Waals surface area contributed by atoms with Crippen molar-refractivity contribution in [1.82, 2.24) is 14.7 Å². The standard InChI is InChI=1S/C27H31N3O2/c1-29-18-24(16-28-29)22-12-10-21(11-13-22)17-30-19-23-8-5-9-25(26(23)27(30)31)32-15-14-20-6-3-2-4-7-20/h5,8-13,16,18,20H,2-4,6-7,14-15,17,19H2,1H3. The van der Waals surface area contributed by atoms with Crippen molar-refractivity contribution in [2.24, 2.45) is 13.0 Å². The second-order valence-corrected chi connectivity index (χ2v) is 9.19. The van der Waals surface area contributed by atoms with Crippen LogP contribution in [0.25, 0.3) is 11.1 Å². The molecule has 3 aromatic rings. The van der Waals surface area contributed by atoms with Gasteiger partial charge in [0.15, 0.2) is 0 Å². The van der Waals surface area contributed by atoms with Crippen molar-refractivity contribution in [3.8, 4) is 16.9 Å². The number of rotatable bonds is 7. The molecule has 0 bridgehead atoms. The lowest BCUT2D eigenvalue weighted by atomic mass is 9.87. The monoisotopic (exact) mass is 429 g/mol. The van der Waals surface area contributed by atoms with Gasteiger partial charge in [-0.3, -0.25) is 9.48 Å². The van der Waals surface area contributed by atoms with Crippen LogP contribution in [0, 0.1) is 5.92 Å². The van der Waals surface area contributed by atoms with Gasteiger partial charge in [0.25, 0.3) is 5.91 Å². The predicted molar refractivity (Wildman–Crippen MR) is 125 cm³/mol. The van der Waals surface area contributed by atoms with Gasteiger partial charge >= 0.3 is 0 Å². The second-order valence-electron chi connectivity index (χ2n) is 9.19. The first-order valence-corrected chi connectivity index (χ1v) is 11.8. The molecule has 1 aromatic heterocycles. The molecule has 5 nitrogen and oxygen atoms in total. The van der Waals surface area contributed by atoms with Crippen LogP contribution < -0.4 is 4.74 Å². The fourth-order valence-electron chi connectivity index (χ4n) is 5.04. The lowest BCUT2D eigenvalue weighted by Crippen LogP contribution is -2.23. The molecular weight excluding hydrogens is 398 g/mol. The number of benzene rings is 2. The molecular formula is C27H31N3O2. The normalized spacial score (nSPS) is 16.4. The Morgan fingerprint density at radius 3 is 2.59 bits per heavy atom. The Bertz CT molecular complexity index is 1080. The lowest BCUT2D eigenvalue weighted by Gasteiger charge is -2.21. The smallest absolute Gasteiger partial charge is 0.258 e. The van der Waals surface area contributed by atoms with Gasteiger partial charge in [-0.1, -0.05) is 68.5 Å². The maximum absolute atomic E-state index is 13.2. The van der Waals surface area contributed by atoms with Crippen molar-refractivity contribution in [2.75, 3.05) is 6.61 Å². The molecule has 1 aliphatic carbocycles. The summed E-state index contributed by atoms with van der Waals surface area (Å²) in [5.74, 6) is 1.60. The summed E-state index contributed by atoms with van der Waals surface area (Å²) in [5, 5.41) is 4.24. The number of carbonyl (C=O) groups is 1. The van der Waals surface area contributed by atoms with Crippen molar-refractivity contribution in [1.29, 1.82) is 0 Å². The molecule has 1 aliphatic heterocycles. The van der Waals surface area contributed by atoms with E-state index >= 15 is 0 Å². The Balaban J connectivity index is 1.22. The molecule has 0 radical (unpaired) electrons. The molecule has 0 spiro atoms. The van der Waals surface area contributed by atoms with Crippen LogP contribution in [0.2, 0.25) is 0 Å². The van der Waals surface area contributed by atoms with Gasteiger partial charge in [-0.2, -0.15) is 5.10 Å². The van der Waals surface area contributed by atoms with Crippen LogP contribution >= 0.6 is 0 Å². The van der Waals surface area contributed by atoms with Gasteiger partial charge in [0.2, 0.25) is 0 Å². The Labute approximate surface area is 190 Å². The van der Waals surface area contributed by atoms with E-state index in [1.54, 1.807) is 4.68 Å². The highest BCUT2D eigenvalue weighted by molar-refractivity contribution is 6.01. The fraction of sp³-hybridized carbons (Fsp3) is 0.407. The van der Waals surface area contributed by atoms with Crippen LogP contribution in [0.3, 0.4) is 0 Å². The first-order valence-electron chi connectivity index (χ1n) is 11.8. The first-order chi connectivity index (χ1) is 15.7. The summed E-state index contributed by atoms with van der Waals surface area (Å²) >= 11 is 0. The number of nitrogens with zero attached hydrogens (tertiary/aromatic N) is 3. The van der Waals surface area contributed by atoms with Crippen molar-refractivity contribution in [3.63, 3.8) is 0 Å². The van der Waals surface area contributed by atoms with E-state index < -0.39 is 0 Å². The highest BCUT2D eigenvalue weighted by atomic mass is 16.5. The highest BCUT2D eigenvalue weighted by Crippen LogP contribution is 2.33. The molecule has 0 saturated heterocycles. The summed E-state index contributed by atoms with van der Waals surface area (Å²) in [6, 6.07) is 14.4. The molecule has 166 valence electrons. The molecule has 2 aromatic carbocycles. The van der Waals surface area contributed by atoms with Crippen LogP contribution in [0.15, 0.2) is 54.9 Å². The Hall–Kier alpha value is -3.08. The Morgan fingerprint density at radius 2 is 1.84 bits per heavy atom. The molecule has 0 N–H and O–H groups in total. The Kier molecular flexibility index (Phi) is 5.97. The van der Waals surface area contributed by atoms with Crippen molar-refractivity contribution < 1.29 is 9.53 Å². The minimum atomic E-state index is 0.0737. The van der Waals surface area contributed by atoms with Gasteiger partial charge in [-0.15, -0.1) is 0 Å². The van der Waals surface area contributed by atoms with Gasteiger partial charge in [0.1, 0.15) is 5.75 Å². The zero-order valence-electron chi connectivity index (χ0n) is 18.8. The minimum absolute atomic E-state index is 0.0737. The number of ether oxygens (including phenoxy) is 1. The Morgan fingerprint density at radius 1 is 1.03 bits per heavy atom. The molecule has 5 rings (SSSR count). The van der Waals surface area contributed by atoms with Crippen LogP contribution in [0.5, 0.6) is 5.75 Å². The number of fused-ring (bicyclic) bond motifs is 1. The average molecular weight is 430 g/mol. The van der Waals surface area contributed by atoms with Crippen LogP contribution in [-0.2, 0) is 20.1 Å². The molecule has 0 unspecified atom stereocenters. The maximum atomic E-state index is 13.2. The third-order valence-corrected chi connectivity index (χ3v) is 6.85. The number of hydrogen-bond donors (Lipinski definition) is 0. The average Bonchev–Trinajstić information content (AvgIpc) is 3.39. The number of hydrogen-bond acceptors (Lipinski definition) is 3. The van der Waals surface area contributed by atoms with E-state index in [4.69, 9.17) is 4.74 Å². The van der Waals surface area contributed by atoms with Crippen molar-refractivity contribution >= 4 is 5.91 Å². The second kappa shape index (κ2) is 9.19. The number of amides is 1. The third kappa shape index (κ3) is 4.43. The summed E-state index contributed by atoms with van der Waals surface area (Å²) in [6.07, 6.45) is 11.7. The summed E-state index contributed by atoms with van der Waals surface area (Å²) in [6.45, 7) is 1.94. The molecule has 5 heteroatoms. The van der Waals surface area contributed by atoms with E-state index in [0.29, 0.717) is 19.7 Å². The topological polar surface area (TPSA) is 47.4 Å². The molecule has 1 fully saturated rings. The number of aromatic nitrogens is 2. The fourth-order valence-corrected chi connectivity index (χ4v) is 5.04. The van der Waals surface area contributed by atoms with E-state index in [0.717, 1.165) is 45.9 Å². The minimum Gasteiger partial charge on any atom is -0.493 e. The van der Waals surface area contributed by atoms with Crippen LogP contribution in [0.4, 0.5) is 0 Å². The van der Waals surface area contributed by atoms with Gasteiger partial charge in [-0.25, -0.2) is 0 Å². The van der Waals surface area contributed by atoms with Crippen LogP contribution in [0.1, 0.15) is 60.0 Å². The van der Waals surface area contributed by atoms with E-state index in [1.807, 2.05) is 42.5 Å². The summed E-state index contributed by atoms with van der Waals surface area (Å²) in [5.41, 5.74) is 5.17. The molecule has 32 heavy (non-hydrogen) atoms. The van der Waals surface area contributed by atoms with Gasteiger partial charge in [-0.05, 0) is 35.1 Å². The van der Waals surface area contributed by atoms with Crippen molar-refractivity contribution in [3.05, 3.63) is 71.5 Å². The largest absolute Gasteiger partial charge is 0.493 e. The maximum Gasteiger partial charge on any atom is 0.258 e. The van der Waals surface area contributed by atoms with E-state index in [2.05, 4.69) is 29.4 Å². The number of aryl methyl sites for hydroxylation is 1. The SMILES string of the molecule is Cn1cc(-c2ccc(CN3Cc4cccc(OCCC5CCCCC5)c4C3=O)cc2)cn1. The predicted octanol–water partition coefficient (Wildman–Crippen LogP) is 5.59. The van der Waals surface area contributed by atoms with Crippen LogP contribution in [-0.4, -0.2) is 27.2 Å². The zero-order valence-corrected chi connectivity index (χ0v) is 18.8. The summed E-state index contributed by atoms with van der Waals surface area (Å²) in [7, 11) is 1.92. The first kappa shape index (κ1) is 20.8. The van der Waals surface area contributed by atoms with Gasteiger partial charge in [0, 0.05) is 31.9 Å². The van der Waals surface area contributed by atoms with Gasteiger partial charge in [0.05, 0.1) is 18.4 Å². The summed E-state index contributed by atoms with van der Waals surface area (Å²) in [4.78, 5) is 15.1. The van der Waals surface area contributed by atoms with E-state index in [-0.39, 0.29) is 5.91 Å². The van der Waals surface area contributed by atoms with Gasteiger partial charge < -0.3 is 9.64 Å². The molecule has 1 saturated carbocycles. The molecule has 2 heterocycles. The van der Waals surface area contributed by atoms with E-state index in [9.17, 15) is 4.79 Å². The number of carbonyl (C=O) groups excluding carboxylic acids is 1.